The van der Waals surface area contributed by atoms with Gasteiger partial charge in [0.1, 0.15) is 0 Å². The van der Waals surface area contributed by atoms with Crippen LogP contribution in [0.2, 0.25) is 0 Å². The number of hydrogen-bond acceptors (Lipinski definition) is 1. The molecule has 1 heteroatoms. The van der Waals surface area contributed by atoms with Gasteiger partial charge in [0.15, 0.2) is 0 Å². The van der Waals surface area contributed by atoms with E-state index < -0.39 is 0 Å². The van der Waals surface area contributed by atoms with Gasteiger partial charge >= 0.3 is 0 Å². The first-order valence-electron chi connectivity index (χ1n) is 13.4. The maximum absolute atomic E-state index is 2.42. The Hall–Kier alpha value is -5.14. The highest BCUT2D eigenvalue weighted by molar-refractivity contribution is 6.15. The van der Waals surface area contributed by atoms with Crippen LogP contribution >= 0.6 is 0 Å². The van der Waals surface area contributed by atoms with Crippen molar-refractivity contribution in [2.24, 2.45) is 0 Å². The second-order valence-electron chi connectivity index (χ2n) is 9.79. The Morgan fingerprint density at radius 1 is 0.333 bits per heavy atom. The van der Waals surface area contributed by atoms with Gasteiger partial charge in [-0.1, -0.05) is 140 Å². The summed E-state index contributed by atoms with van der Waals surface area (Å²) in [6, 6.07) is 58.7. The van der Waals surface area contributed by atoms with Crippen molar-refractivity contribution in [3.8, 4) is 22.3 Å². The van der Waals surface area contributed by atoms with Gasteiger partial charge in [0.25, 0.3) is 0 Å². The summed E-state index contributed by atoms with van der Waals surface area (Å²) >= 11 is 0. The Morgan fingerprint density at radius 2 is 0.872 bits per heavy atom. The molecular weight excluding hydrogens is 470 g/mol. The van der Waals surface area contributed by atoms with E-state index in [0.29, 0.717) is 0 Å². The van der Waals surface area contributed by atoms with Gasteiger partial charge in [-0.15, -0.1) is 0 Å². The summed E-state index contributed by atoms with van der Waals surface area (Å²) in [5.74, 6) is 0. The fourth-order valence-corrected chi connectivity index (χ4v) is 5.59. The van der Waals surface area contributed by atoms with E-state index in [1.54, 1.807) is 0 Å². The molecule has 0 aliphatic rings. The number of fused-ring (bicyclic) bond motifs is 3. The molecule has 7 aromatic carbocycles. The highest BCUT2D eigenvalue weighted by Crippen LogP contribution is 2.45. The third kappa shape index (κ3) is 4.24. The van der Waals surface area contributed by atoms with Crippen LogP contribution in [0, 0.1) is 0 Å². The smallest absolute Gasteiger partial charge is 0.0546 e. The lowest BCUT2D eigenvalue weighted by Gasteiger charge is -2.29. The largest absolute Gasteiger partial charge is 0.309 e. The monoisotopic (exact) mass is 497 g/mol. The molecule has 0 unspecified atom stereocenters. The predicted molar refractivity (Wildman–Crippen MR) is 167 cm³/mol. The van der Waals surface area contributed by atoms with Gasteiger partial charge in [-0.05, 0) is 57.1 Å². The molecule has 0 amide bonds. The van der Waals surface area contributed by atoms with E-state index in [0.717, 1.165) is 11.4 Å². The van der Waals surface area contributed by atoms with E-state index in [4.69, 9.17) is 0 Å². The lowest BCUT2D eigenvalue weighted by Crippen LogP contribution is -2.12. The summed E-state index contributed by atoms with van der Waals surface area (Å²) in [5.41, 5.74) is 8.26. The zero-order valence-corrected chi connectivity index (χ0v) is 21.5. The number of nitrogens with zero attached hydrogens (tertiary/aromatic N) is 1. The lowest BCUT2D eigenvalue weighted by atomic mass is 9.97. The number of hydrogen-bond donors (Lipinski definition) is 0. The molecule has 0 saturated carbocycles. The Labute approximate surface area is 229 Å². The number of rotatable bonds is 5. The molecule has 0 spiro atoms. The second kappa shape index (κ2) is 9.96. The quantitative estimate of drug-likeness (QED) is 0.214. The van der Waals surface area contributed by atoms with Gasteiger partial charge < -0.3 is 4.90 Å². The van der Waals surface area contributed by atoms with Crippen molar-refractivity contribution in [1.82, 2.24) is 0 Å². The van der Waals surface area contributed by atoms with Gasteiger partial charge in [-0.2, -0.15) is 0 Å². The van der Waals surface area contributed by atoms with Crippen LogP contribution in [-0.2, 0) is 0 Å². The predicted octanol–water partition coefficient (Wildman–Crippen LogP) is 10.8. The van der Waals surface area contributed by atoms with Gasteiger partial charge in [-0.25, -0.2) is 0 Å². The molecular formula is C38H27N. The van der Waals surface area contributed by atoms with E-state index in [2.05, 4.69) is 169 Å². The van der Waals surface area contributed by atoms with Gasteiger partial charge in [0.05, 0.1) is 11.4 Å². The maximum atomic E-state index is 2.42. The van der Waals surface area contributed by atoms with Crippen LogP contribution in [0.3, 0.4) is 0 Å². The van der Waals surface area contributed by atoms with E-state index in [1.807, 2.05) is 0 Å². The first-order valence-corrected chi connectivity index (χ1v) is 13.4. The molecule has 0 bridgehead atoms. The van der Waals surface area contributed by atoms with E-state index in [1.165, 1.54) is 49.5 Å². The summed E-state index contributed by atoms with van der Waals surface area (Å²) in [4.78, 5) is 2.42. The van der Waals surface area contributed by atoms with Gasteiger partial charge in [-0.3, -0.25) is 0 Å². The van der Waals surface area contributed by atoms with Crippen molar-refractivity contribution in [2.75, 3.05) is 4.90 Å². The summed E-state index contributed by atoms with van der Waals surface area (Å²) in [6.45, 7) is 0. The fraction of sp³-hybridized carbons (Fsp3) is 0. The van der Waals surface area contributed by atoms with Crippen LogP contribution in [0.5, 0.6) is 0 Å². The number of anilines is 3. The Morgan fingerprint density at radius 3 is 1.62 bits per heavy atom. The van der Waals surface area contributed by atoms with Gasteiger partial charge in [0.2, 0.25) is 0 Å². The first-order chi connectivity index (χ1) is 19.4. The number of benzene rings is 7. The Kier molecular flexibility index (Phi) is 5.88. The molecule has 0 aliphatic carbocycles. The van der Waals surface area contributed by atoms with Crippen LogP contribution in [0.15, 0.2) is 164 Å². The standard InChI is InChI=1S/C38H27N/c1-3-13-28(14-4-1)29-23-25-32(26-24-29)39(37-22-12-11-19-34(37)30-15-5-2-6-16-30)38-27-31-17-7-8-18-33(31)35-20-9-10-21-36(35)38/h1-27H. The molecule has 0 radical (unpaired) electrons. The molecule has 0 heterocycles. The Bertz CT molecular complexity index is 1890. The third-order valence-electron chi connectivity index (χ3n) is 7.45. The average molecular weight is 498 g/mol. The van der Waals surface area contributed by atoms with E-state index >= 15 is 0 Å². The zero-order valence-electron chi connectivity index (χ0n) is 21.5. The van der Waals surface area contributed by atoms with Crippen molar-refractivity contribution in [3.05, 3.63) is 164 Å². The van der Waals surface area contributed by atoms with Crippen LogP contribution in [0.1, 0.15) is 0 Å². The molecule has 39 heavy (non-hydrogen) atoms. The molecule has 7 rings (SSSR count). The lowest BCUT2D eigenvalue weighted by molar-refractivity contribution is 1.30. The van der Waals surface area contributed by atoms with Crippen molar-refractivity contribution in [1.29, 1.82) is 0 Å². The minimum Gasteiger partial charge on any atom is -0.309 e. The molecule has 184 valence electrons. The van der Waals surface area contributed by atoms with Crippen LogP contribution in [-0.4, -0.2) is 0 Å². The van der Waals surface area contributed by atoms with Crippen molar-refractivity contribution in [3.63, 3.8) is 0 Å². The van der Waals surface area contributed by atoms with Crippen LogP contribution in [0.25, 0.3) is 43.8 Å². The van der Waals surface area contributed by atoms with Crippen LogP contribution in [0.4, 0.5) is 17.1 Å². The second-order valence-corrected chi connectivity index (χ2v) is 9.79. The first kappa shape index (κ1) is 23.0. The normalized spacial score (nSPS) is 11.1. The zero-order chi connectivity index (χ0) is 26.0. The number of para-hydroxylation sites is 1. The topological polar surface area (TPSA) is 3.24 Å². The molecule has 0 atom stereocenters. The van der Waals surface area contributed by atoms with Crippen molar-refractivity contribution >= 4 is 38.6 Å². The summed E-state index contributed by atoms with van der Waals surface area (Å²) in [6.07, 6.45) is 0. The molecule has 1 nitrogen and oxygen atoms in total. The summed E-state index contributed by atoms with van der Waals surface area (Å²) in [7, 11) is 0. The van der Waals surface area contributed by atoms with E-state index in [-0.39, 0.29) is 0 Å². The molecule has 0 fully saturated rings. The van der Waals surface area contributed by atoms with Gasteiger partial charge in [0, 0.05) is 16.6 Å². The van der Waals surface area contributed by atoms with E-state index in [9.17, 15) is 0 Å². The summed E-state index contributed by atoms with van der Waals surface area (Å²) < 4.78 is 0. The van der Waals surface area contributed by atoms with Crippen molar-refractivity contribution < 1.29 is 0 Å². The maximum Gasteiger partial charge on any atom is 0.0546 e. The minimum absolute atomic E-state index is 1.12. The Balaban J connectivity index is 1.50. The minimum atomic E-state index is 1.12. The molecule has 0 aliphatic heterocycles. The third-order valence-corrected chi connectivity index (χ3v) is 7.45. The molecule has 0 saturated heterocycles. The SMILES string of the molecule is c1ccc(-c2ccc(N(c3ccccc3-c3ccccc3)c3cc4ccccc4c4ccccc34)cc2)cc1. The molecule has 0 aromatic heterocycles. The summed E-state index contributed by atoms with van der Waals surface area (Å²) in [5, 5.41) is 4.99. The fourth-order valence-electron chi connectivity index (χ4n) is 5.59. The highest BCUT2D eigenvalue weighted by Gasteiger charge is 2.20. The average Bonchev–Trinajstić information content (AvgIpc) is 3.03. The van der Waals surface area contributed by atoms with Crippen molar-refractivity contribution in [2.45, 2.75) is 0 Å². The highest BCUT2D eigenvalue weighted by atomic mass is 15.1. The van der Waals surface area contributed by atoms with Crippen LogP contribution < -0.4 is 4.90 Å². The molecule has 7 aromatic rings. The molecule has 0 N–H and O–H groups in total.